The van der Waals surface area contributed by atoms with Crippen LogP contribution in [0.4, 0.5) is 4.79 Å². The molecule has 9 nitrogen and oxygen atoms in total. The molecule has 0 aliphatic carbocycles. The Labute approximate surface area is 176 Å². The van der Waals surface area contributed by atoms with Gasteiger partial charge in [0.1, 0.15) is 11.4 Å². The van der Waals surface area contributed by atoms with Gasteiger partial charge in [-0.05, 0) is 26.0 Å². The molecular formula is C20H20N6O3S. The predicted octanol–water partition coefficient (Wildman–Crippen LogP) is 2.43. The molecule has 0 saturated carbocycles. The van der Waals surface area contributed by atoms with Gasteiger partial charge in [0.15, 0.2) is 5.65 Å². The Morgan fingerprint density at radius 3 is 2.83 bits per heavy atom. The number of fused-ring (bicyclic) bond motifs is 1. The molecule has 0 fully saturated rings. The highest BCUT2D eigenvalue weighted by atomic mass is 32.2. The number of carbonyl (C=O) groups is 2. The lowest BCUT2D eigenvalue weighted by Crippen LogP contribution is -2.49. The highest BCUT2D eigenvalue weighted by molar-refractivity contribution is 7.99. The second kappa shape index (κ2) is 8.54. The van der Waals surface area contributed by atoms with Crippen molar-refractivity contribution in [1.82, 2.24) is 30.4 Å². The van der Waals surface area contributed by atoms with E-state index in [0.717, 1.165) is 11.1 Å². The lowest BCUT2D eigenvalue weighted by Gasteiger charge is -2.26. The van der Waals surface area contributed by atoms with Gasteiger partial charge >= 0.3 is 12.0 Å². The SMILES string of the molecule is CCOC(=O)C1=C(CSc2ncnc3c2cnn3-c2ccccc2)NC(=O)NC1C. The first-order chi connectivity index (χ1) is 14.6. The molecule has 3 aromatic rings. The molecule has 0 spiro atoms. The van der Waals surface area contributed by atoms with Crippen LogP contribution in [0.25, 0.3) is 16.7 Å². The number of amides is 2. The second-order valence-corrected chi connectivity index (χ2v) is 7.49. The zero-order chi connectivity index (χ0) is 21.1. The number of carbonyl (C=O) groups excluding carboxylic acids is 2. The minimum Gasteiger partial charge on any atom is -0.463 e. The van der Waals surface area contributed by atoms with Gasteiger partial charge in [-0.15, -0.1) is 0 Å². The van der Waals surface area contributed by atoms with Gasteiger partial charge in [-0.25, -0.2) is 24.2 Å². The molecule has 1 atom stereocenters. The van der Waals surface area contributed by atoms with Crippen LogP contribution < -0.4 is 10.6 Å². The molecular weight excluding hydrogens is 404 g/mol. The van der Waals surface area contributed by atoms with Crippen LogP contribution in [-0.4, -0.2) is 50.2 Å². The first kappa shape index (κ1) is 19.9. The monoisotopic (exact) mass is 424 g/mol. The summed E-state index contributed by atoms with van der Waals surface area (Å²) in [6.07, 6.45) is 3.20. The molecule has 154 valence electrons. The van der Waals surface area contributed by atoms with Gasteiger partial charge in [0, 0.05) is 11.4 Å². The van der Waals surface area contributed by atoms with E-state index in [1.54, 1.807) is 24.7 Å². The molecule has 0 radical (unpaired) electrons. The lowest BCUT2D eigenvalue weighted by atomic mass is 10.1. The standard InChI is InChI=1S/C20H20N6O3S/c1-3-29-19(27)16-12(2)24-20(28)25-15(16)10-30-18-14-9-23-26(17(14)21-11-22-18)13-7-5-4-6-8-13/h4-9,11-12H,3,10H2,1-2H3,(H2,24,25,28). The number of esters is 1. The lowest BCUT2D eigenvalue weighted by molar-refractivity contribution is -0.138. The summed E-state index contributed by atoms with van der Waals surface area (Å²) in [6.45, 7) is 3.76. The third-order valence-corrected chi connectivity index (χ3v) is 5.58. The zero-order valence-electron chi connectivity index (χ0n) is 16.5. The van der Waals surface area contributed by atoms with Gasteiger partial charge in [0.25, 0.3) is 0 Å². The number of para-hydroxylation sites is 1. The average molecular weight is 424 g/mol. The number of urea groups is 1. The van der Waals surface area contributed by atoms with Crippen molar-refractivity contribution in [2.75, 3.05) is 12.4 Å². The molecule has 1 aliphatic heterocycles. The van der Waals surface area contributed by atoms with E-state index in [9.17, 15) is 9.59 Å². The second-order valence-electron chi connectivity index (χ2n) is 6.53. The largest absolute Gasteiger partial charge is 0.463 e. The highest BCUT2D eigenvalue weighted by Gasteiger charge is 2.29. The number of thioether (sulfide) groups is 1. The number of ether oxygens (including phenoxy) is 1. The van der Waals surface area contributed by atoms with Crippen molar-refractivity contribution < 1.29 is 14.3 Å². The fraction of sp³-hybridized carbons (Fsp3) is 0.250. The molecule has 4 rings (SSSR count). The van der Waals surface area contributed by atoms with Crippen LogP contribution in [0.5, 0.6) is 0 Å². The number of benzene rings is 1. The van der Waals surface area contributed by atoms with E-state index in [4.69, 9.17) is 4.74 Å². The number of aromatic nitrogens is 4. The highest BCUT2D eigenvalue weighted by Crippen LogP contribution is 2.28. The predicted molar refractivity (Wildman–Crippen MR) is 112 cm³/mol. The molecule has 10 heteroatoms. The molecule has 2 amide bonds. The molecule has 0 bridgehead atoms. The summed E-state index contributed by atoms with van der Waals surface area (Å²) in [6, 6.07) is 8.91. The third-order valence-electron chi connectivity index (χ3n) is 4.55. The van der Waals surface area contributed by atoms with Crippen molar-refractivity contribution in [2.45, 2.75) is 24.9 Å². The minimum absolute atomic E-state index is 0.259. The van der Waals surface area contributed by atoms with Crippen LogP contribution in [0.2, 0.25) is 0 Å². The molecule has 30 heavy (non-hydrogen) atoms. The molecule has 2 aromatic heterocycles. The molecule has 3 heterocycles. The van der Waals surface area contributed by atoms with Gasteiger partial charge in [0.2, 0.25) is 0 Å². The summed E-state index contributed by atoms with van der Waals surface area (Å²) in [7, 11) is 0. The van der Waals surface area contributed by atoms with E-state index in [2.05, 4.69) is 25.7 Å². The molecule has 0 saturated heterocycles. The Morgan fingerprint density at radius 1 is 1.27 bits per heavy atom. The number of rotatable bonds is 6. The topological polar surface area (TPSA) is 111 Å². The van der Waals surface area contributed by atoms with Crippen molar-refractivity contribution in [2.24, 2.45) is 0 Å². The van der Waals surface area contributed by atoms with E-state index in [0.29, 0.717) is 27.7 Å². The summed E-state index contributed by atoms with van der Waals surface area (Å²) in [5.74, 6) is -0.105. The summed E-state index contributed by atoms with van der Waals surface area (Å²) in [5, 5.41) is 11.4. The maximum atomic E-state index is 12.4. The number of hydrogen-bond donors (Lipinski definition) is 2. The smallest absolute Gasteiger partial charge is 0.337 e. The van der Waals surface area contributed by atoms with Crippen LogP contribution in [0.3, 0.4) is 0 Å². The van der Waals surface area contributed by atoms with E-state index >= 15 is 0 Å². The van der Waals surface area contributed by atoms with Crippen molar-refractivity contribution >= 4 is 34.8 Å². The van der Waals surface area contributed by atoms with Crippen molar-refractivity contribution in [1.29, 1.82) is 0 Å². The average Bonchev–Trinajstić information content (AvgIpc) is 3.17. The fourth-order valence-corrected chi connectivity index (χ4v) is 4.16. The van der Waals surface area contributed by atoms with E-state index in [1.165, 1.54) is 18.1 Å². The molecule has 1 aliphatic rings. The summed E-state index contributed by atoms with van der Waals surface area (Å²) in [4.78, 5) is 33.1. The van der Waals surface area contributed by atoms with E-state index < -0.39 is 12.0 Å². The van der Waals surface area contributed by atoms with Crippen LogP contribution in [0.15, 0.2) is 59.2 Å². The van der Waals surface area contributed by atoms with Crippen LogP contribution in [-0.2, 0) is 9.53 Å². The van der Waals surface area contributed by atoms with Crippen molar-refractivity contribution in [3.8, 4) is 5.69 Å². The van der Waals surface area contributed by atoms with Crippen molar-refractivity contribution in [3.05, 3.63) is 54.1 Å². The minimum atomic E-state index is -0.446. The zero-order valence-corrected chi connectivity index (χ0v) is 17.3. The first-order valence-corrected chi connectivity index (χ1v) is 10.4. The molecule has 1 aromatic carbocycles. The summed E-state index contributed by atoms with van der Waals surface area (Å²) < 4.78 is 6.90. The Morgan fingerprint density at radius 2 is 2.07 bits per heavy atom. The third kappa shape index (κ3) is 3.86. The van der Waals surface area contributed by atoms with Crippen LogP contribution in [0, 0.1) is 0 Å². The maximum Gasteiger partial charge on any atom is 0.337 e. The van der Waals surface area contributed by atoms with Gasteiger partial charge in [-0.1, -0.05) is 30.0 Å². The number of hydrogen-bond acceptors (Lipinski definition) is 7. The summed E-state index contributed by atoms with van der Waals surface area (Å²) >= 11 is 1.40. The van der Waals surface area contributed by atoms with E-state index in [-0.39, 0.29) is 12.6 Å². The maximum absolute atomic E-state index is 12.4. The number of nitrogens with one attached hydrogen (secondary N) is 2. The quantitative estimate of drug-likeness (QED) is 0.355. The molecule has 2 N–H and O–H groups in total. The number of nitrogens with zero attached hydrogens (tertiary/aromatic N) is 4. The van der Waals surface area contributed by atoms with Crippen LogP contribution in [0.1, 0.15) is 13.8 Å². The van der Waals surface area contributed by atoms with Gasteiger partial charge in [0.05, 0.1) is 35.5 Å². The van der Waals surface area contributed by atoms with Gasteiger partial charge in [-0.3, -0.25) is 0 Å². The Balaban J connectivity index is 1.64. The molecule has 1 unspecified atom stereocenters. The first-order valence-electron chi connectivity index (χ1n) is 9.43. The van der Waals surface area contributed by atoms with Crippen molar-refractivity contribution in [3.63, 3.8) is 0 Å². The van der Waals surface area contributed by atoms with E-state index in [1.807, 2.05) is 30.3 Å². The Bertz CT molecular complexity index is 1130. The van der Waals surface area contributed by atoms with Crippen LogP contribution >= 0.6 is 11.8 Å². The van der Waals surface area contributed by atoms with Gasteiger partial charge < -0.3 is 15.4 Å². The fourth-order valence-electron chi connectivity index (χ4n) is 3.23. The Kier molecular flexibility index (Phi) is 5.66. The Hall–Kier alpha value is -3.40. The summed E-state index contributed by atoms with van der Waals surface area (Å²) in [5.41, 5.74) is 2.50. The normalized spacial score (nSPS) is 16.3. The van der Waals surface area contributed by atoms with Gasteiger partial charge in [-0.2, -0.15) is 5.10 Å².